The summed E-state index contributed by atoms with van der Waals surface area (Å²) in [5, 5.41) is 8.89. The van der Waals surface area contributed by atoms with Crippen LogP contribution in [-0.4, -0.2) is 35.3 Å². The third-order valence-corrected chi connectivity index (χ3v) is 1.54. The third-order valence-electron chi connectivity index (χ3n) is 1.54. The first-order valence-electron chi connectivity index (χ1n) is 3.82. The molecule has 14 heavy (non-hydrogen) atoms. The van der Waals surface area contributed by atoms with Gasteiger partial charge in [0, 0.05) is 0 Å². The number of ether oxygens (including phenoxy) is 2. The van der Waals surface area contributed by atoms with Gasteiger partial charge in [0.1, 0.15) is 5.69 Å². The average Bonchev–Trinajstić information content (AvgIpc) is 2.26. The molecule has 0 saturated heterocycles. The lowest BCUT2D eigenvalue weighted by atomic mass is 10.4. The number of nitrogens with zero attached hydrogens (tertiary/aromatic N) is 2. The number of aromatic nitrogens is 2. The second-order valence-electron chi connectivity index (χ2n) is 2.36. The summed E-state index contributed by atoms with van der Waals surface area (Å²) in [5.74, 6) is -0.407. The summed E-state index contributed by atoms with van der Waals surface area (Å²) >= 11 is 0. The Hall–Kier alpha value is -1.69. The van der Waals surface area contributed by atoms with Gasteiger partial charge >= 0.3 is 5.97 Å². The standard InChI is InChI=1S/C8H10N2O4/c1-13-7-6(4-11)10-5(3-9-7)8(12)14-2/h3,11H,4H2,1-2H3. The molecular weight excluding hydrogens is 188 g/mol. The average molecular weight is 198 g/mol. The molecule has 0 radical (unpaired) electrons. The largest absolute Gasteiger partial charge is 0.480 e. The van der Waals surface area contributed by atoms with Crippen LogP contribution in [-0.2, 0) is 11.3 Å². The number of aliphatic hydroxyl groups excluding tert-OH is 1. The molecule has 0 fully saturated rings. The molecule has 0 aliphatic carbocycles. The quantitative estimate of drug-likeness (QED) is 0.675. The van der Waals surface area contributed by atoms with Crippen LogP contribution < -0.4 is 4.74 Å². The summed E-state index contributed by atoms with van der Waals surface area (Å²) in [6.45, 7) is -0.346. The highest BCUT2D eigenvalue weighted by atomic mass is 16.5. The van der Waals surface area contributed by atoms with Crippen molar-refractivity contribution in [3.63, 3.8) is 0 Å². The van der Waals surface area contributed by atoms with Crippen LogP contribution in [0.25, 0.3) is 0 Å². The fourth-order valence-corrected chi connectivity index (χ4v) is 0.893. The van der Waals surface area contributed by atoms with Gasteiger partial charge in [0.05, 0.1) is 27.0 Å². The molecule has 1 rings (SSSR count). The molecule has 1 heterocycles. The van der Waals surface area contributed by atoms with Gasteiger partial charge in [-0.2, -0.15) is 0 Å². The minimum absolute atomic E-state index is 0.0392. The Morgan fingerprint density at radius 1 is 1.57 bits per heavy atom. The third kappa shape index (κ3) is 1.97. The van der Waals surface area contributed by atoms with E-state index in [0.717, 1.165) is 0 Å². The molecule has 1 N–H and O–H groups in total. The van der Waals surface area contributed by atoms with E-state index in [-0.39, 0.29) is 23.9 Å². The maximum Gasteiger partial charge on any atom is 0.358 e. The lowest BCUT2D eigenvalue weighted by molar-refractivity contribution is 0.0592. The summed E-state index contributed by atoms with van der Waals surface area (Å²) in [4.78, 5) is 18.6. The Balaban J connectivity index is 3.07. The van der Waals surface area contributed by atoms with E-state index in [2.05, 4.69) is 14.7 Å². The minimum Gasteiger partial charge on any atom is -0.480 e. The molecule has 1 aromatic rings. The maximum atomic E-state index is 11.0. The van der Waals surface area contributed by atoms with Crippen LogP contribution in [0, 0.1) is 0 Å². The first-order valence-corrected chi connectivity index (χ1v) is 3.82. The van der Waals surface area contributed by atoms with Gasteiger partial charge in [-0.25, -0.2) is 14.8 Å². The number of carbonyl (C=O) groups excluding carboxylic acids is 1. The van der Waals surface area contributed by atoms with Crippen LogP contribution in [0.5, 0.6) is 5.88 Å². The zero-order chi connectivity index (χ0) is 10.6. The van der Waals surface area contributed by atoms with Crippen molar-refractivity contribution < 1.29 is 19.4 Å². The Morgan fingerprint density at radius 3 is 2.79 bits per heavy atom. The maximum absolute atomic E-state index is 11.0. The Kier molecular flexibility index (Phi) is 3.35. The van der Waals surface area contributed by atoms with Gasteiger partial charge in [-0.1, -0.05) is 0 Å². The molecule has 0 aliphatic rings. The Bertz CT molecular complexity index is 340. The summed E-state index contributed by atoms with van der Waals surface area (Å²) < 4.78 is 9.26. The molecule has 1 aromatic heterocycles. The van der Waals surface area contributed by atoms with Gasteiger partial charge in [0.15, 0.2) is 5.69 Å². The van der Waals surface area contributed by atoms with Crippen molar-refractivity contribution in [2.45, 2.75) is 6.61 Å². The van der Waals surface area contributed by atoms with E-state index in [0.29, 0.717) is 0 Å². The predicted octanol–water partition coefficient (Wildman–Crippen LogP) is -0.236. The summed E-state index contributed by atoms with van der Waals surface area (Å²) in [6.07, 6.45) is 1.23. The topological polar surface area (TPSA) is 81.5 Å². The fraction of sp³-hybridized carbons (Fsp3) is 0.375. The van der Waals surface area contributed by atoms with E-state index in [4.69, 9.17) is 9.84 Å². The van der Waals surface area contributed by atoms with Crippen molar-refractivity contribution >= 4 is 5.97 Å². The molecule has 0 unspecified atom stereocenters. The van der Waals surface area contributed by atoms with Crippen molar-refractivity contribution in [1.29, 1.82) is 0 Å². The van der Waals surface area contributed by atoms with E-state index < -0.39 is 5.97 Å². The number of hydrogen-bond donors (Lipinski definition) is 1. The number of hydrogen-bond acceptors (Lipinski definition) is 6. The molecule has 0 spiro atoms. The van der Waals surface area contributed by atoms with Gasteiger partial charge in [-0.05, 0) is 0 Å². The van der Waals surface area contributed by atoms with Crippen LogP contribution in [0.2, 0.25) is 0 Å². The Morgan fingerprint density at radius 2 is 2.29 bits per heavy atom. The SMILES string of the molecule is COC(=O)c1cnc(OC)c(CO)n1. The van der Waals surface area contributed by atoms with Gasteiger partial charge in [0.2, 0.25) is 5.88 Å². The van der Waals surface area contributed by atoms with Crippen LogP contribution in [0.4, 0.5) is 0 Å². The second kappa shape index (κ2) is 4.52. The van der Waals surface area contributed by atoms with Crippen LogP contribution in [0.3, 0.4) is 0 Å². The number of aliphatic hydroxyl groups is 1. The molecule has 76 valence electrons. The van der Waals surface area contributed by atoms with Gasteiger partial charge in [-0.15, -0.1) is 0 Å². The molecule has 6 heteroatoms. The first kappa shape index (κ1) is 10.4. The van der Waals surface area contributed by atoms with Crippen LogP contribution >= 0.6 is 0 Å². The van der Waals surface area contributed by atoms with Gasteiger partial charge in [0.25, 0.3) is 0 Å². The molecule has 0 aromatic carbocycles. The van der Waals surface area contributed by atoms with Crippen LogP contribution in [0.15, 0.2) is 6.20 Å². The molecule has 6 nitrogen and oxygen atoms in total. The van der Waals surface area contributed by atoms with Crippen molar-refractivity contribution in [3.05, 3.63) is 17.6 Å². The highest BCUT2D eigenvalue weighted by Crippen LogP contribution is 2.12. The summed E-state index contributed by atoms with van der Waals surface area (Å²) in [7, 11) is 2.65. The molecule has 0 atom stereocenters. The lowest BCUT2D eigenvalue weighted by Crippen LogP contribution is -2.08. The van der Waals surface area contributed by atoms with Gasteiger partial charge in [-0.3, -0.25) is 0 Å². The van der Waals surface area contributed by atoms with Crippen molar-refractivity contribution in [3.8, 4) is 5.88 Å². The van der Waals surface area contributed by atoms with Crippen molar-refractivity contribution in [2.75, 3.05) is 14.2 Å². The fourth-order valence-electron chi connectivity index (χ4n) is 0.893. The van der Waals surface area contributed by atoms with Gasteiger partial charge < -0.3 is 14.6 Å². The first-order chi connectivity index (χ1) is 6.72. The van der Waals surface area contributed by atoms with Crippen LogP contribution in [0.1, 0.15) is 16.2 Å². The lowest BCUT2D eigenvalue weighted by Gasteiger charge is -2.04. The van der Waals surface area contributed by atoms with E-state index in [1.54, 1.807) is 0 Å². The van der Waals surface area contributed by atoms with E-state index >= 15 is 0 Å². The molecular formula is C8H10N2O4. The molecule has 0 amide bonds. The monoisotopic (exact) mass is 198 g/mol. The smallest absolute Gasteiger partial charge is 0.358 e. The van der Waals surface area contributed by atoms with Crippen molar-refractivity contribution in [2.24, 2.45) is 0 Å². The zero-order valence-electron chi connectivity index (χ0n) is 7.85. The molecule has 0 bridgehead atoms. The van der Waals surface area contributed by atoms with Crippen molar-refractivity contribution in [1.82, 2.24) is 9.97 Å². The predicted molar refractivity (Wildman–Crippen MR) is 45.8 cm³/mol. The van der Waals surface area contributed by atoms with E-state index in [1.807, 2.05) is 0 Å². The van der Waals surface area contributed by atoms with E-state index in [1.165, 1.54) is 20.4 Å². The molecule has 0 saturated carbocycles. The number of methoxy groups -OCH3 is 2. The number of esters is 1. The highest BCUT2D eigenvalue weighted by molar-refractivity contribution is 5.86. The minimum atomic E-state index is -0.602. The Labute approximate surface area is 80.5 Å². The second-order valence-corrected chi connectivity index (χ2v) is 2.36. The summed E-state index contributed by atoms with van der Waals surface area (Å²) in [6, 6.07) is 0. The number of rotatable bonds is 3. The zero-order valence-corrected chi connectivity index (χ0v) is 7.85. The van der Waals surface area contributed by atoms with E-state index in [9.17, 15) is 4.79 Å². The number of carbonyl (C=O) groups is 1. The summed E-state index contributed by atoms with van der Waals surface area (Å²) in [5.41, 5.74) is 0.243. The normalized spacial score (nSPS) is 9.64. The highest BCUT2D eigenvalue weighted by Gasteiger charge is 2.12. The molecule has 0 aliphatic heterocycles.